The van der Waals surface area contributed by atoms with Crippen molar-refractivity contribution in [2.24, 2.45) is 5.92 Å². The number of carboxylic acid groups (broad SMARTS) is 1. The fourth-order valence-electron chi connectivity index (χ4n) is 2.26. The highest BCUT2D eigenvalue weighted by atomic mass is 32.2. The molecule has 0 unspecified atom stereocenters. The average molecular weight is 273 g/mol. The quantitative estimate of drug-likeness (QED) is 0.698. The first-order valence-corrected chi connectivity index (χ1v) is 7.91. The summed E-state index contributed by atoms with van der Waals surface area (Å²) in [7, 11) is 0. The highest BCUT2D eigenvalue weighted by molar-refractivity contribution is 7.99. The van der Waals surface area contributed by atoms with Crippen molar-refractivity contribution in [1.29, 1.82) is 0 Å². The Balaban J connectivity index is 2.38. The monoisotopic (exact) mass is 273 g/mol. The third-order valence-electron chi connectivity index (χ3n) is 3.35. The molecule has 1 atom stereocenters. The lowest BCUT2D eigenvalue weighted by Crippen LogP contribution is -2.44. The predicted molar refractivity (Wildman–Crippen MR) is 73.8 cm³/mol. The van der Waals surface area contributed by atoms with Gasteiger partial charge in [-0.15, -0.1) is 0 Å². The number of carboxylic acids is 1. The number of nitrogens with one attached hydrogen (secondary N) is 1. The van der Waals surface area contributed by atoms with Gasteiger partial charge in [-0.3, -0.25) is 4.79 Å². The normalized spacial score (nSPS) is 18.3. The molecule has 0 aromatic rings. The van der Waals surface area contributed by atoms with Crippen molar-refractivity contribution < 1.29 is 14.7 Å². The molecule has 0 saturated heterocycles. The molecule has 0 aromatic carbocycles. The zero-order chi connectivity index (χ0) is 13.4. The van der Waals surface area contributed by atoms with E-state index in [1.54, 1.807) is 11.8 Å². The van der Waals surface area contributed by atoms with Gasteiger partial charge in [0.1, 0.15) is 6.04 Å². The molecule has 1 aliphatic carbocycles. The summed E-state index contributed by atoms with van der Waals surface area (Å²) in [5.74, 6) is 0.792. The molecule has 18 heavy (non-hydrogen) atoms. The van der Waals surface area contributed by atoms with Gasteiger partial charge < -0.3 is 10.4 Å². The third-order valence-corrected chi connectivity index (χ3v) is 4.28. The van der Waals surface area contributed by atoms with Gasteiger partial charge >= 0.3 is 5.97 Å². The number of carbonyl (C=O) groups excluding carboxylic acids is 1. The van der Waals surface area contributed by atoms with E-state index in [0.29, 0.717) is 6.42 Å². The first-order chi connectivity index (χ1) is 8.65. The number of carbonyl (C=O) groups is 2. The number of hydrogen-bond acceptors (Lipinski definition) is 3. The maximum Gasteiger partial charge on any atom is 0.326 e. The van der Waals surface area contributed by atoms with Crippen LogP contribution in [0.1, 0.15) is 45.4 Å². The lowest BCUT2D eigenvalue weighted by molar-refractivity contribution is -0.142. The summed E-state index contributed by atoms with van der Waals surface area (Å²) in [5.41, 5.74) is 0. The summed E-state index contributed by atoms with van der Waals surface area (Å²) in [5, 5.41) is 11.8. The van der Waals surface area contributed by atoms with Crippen LogP contribution >= 0.6 is 11.8 Å². The van der Waals surface area contributed by atoms with Gasteiger partial charge in [0.25, 0.3) is 0 Å². The van der Waals surface area contributed by atoms with Crippen LogP contribution in [0.5, 0.6) is 0 Å². The Morgan fingerprint density at radius 3 is 2.56 bits per heavy atom. The average Bonchev–Trinajstić information content (AvgIpc) is 2.38. The molecule has 4 nitrogen and oxygen atoms in total. The highest BCUT2D eigenvalue weighted by Crippen LogP contribution is 2.23. The van der Waals surface area contributed by atoms with E-state index in [4.69, 9.17) is 5.11 Å². The molecule has 0 spiro atoms. The first kappa shape index (κ1) is 15.3. The second-order valence-electron chi connectivity index (χ2n) is 4.72. The lowest BCUT2D eigenvalue weighted by atomic mass is 9.88. The molecule has 5 heteroatoms. The van der Waals surface area contributed by atoms with Gasteiger partial charge in [-0.25, -0.2) is 4.79 Å². The van der Waals surface area contributed by atoms with Gasteiger partial charge in [-0.2, -0.15) is 11.8 Å². The minimum absolute atomic E-state index is 0.0272. The van der Waals surface area contributed by atoms with Gasteiger partial charge in [0.05, 0.1) is 0 Å². The molecule has 1 saturated carbocycles. The van der Waals surface area contributed by atoms with Crippen LogP contribution in [0.4, 0.5) is 0 Å². The minimum Gasteiger partial charge on any atom is -0.480 e. The van der Waals surface area contributed by atoms with Crippen LogP contribution in [0.15, 0.2) is 0 Å². The van der Waals surface area contributed by atoms with E-state index in [1.165, 1.54) is 6.42 Å². The van der Waals surface area contributed by atoms with Crippen molar-refractivity contribution in [3.05, 3.63) is 0 Å². The second kappa shape index (κ2) is 8.40. The smallest absolute Gasteiger partial charge is 0.326 e. The summed E-state index contributed by atoms with van der Waals surface area (Å²) in [6, 6.07) is -0.724. The van der Waals surface area contributed by atoms with Crippen LogP contribution in [-0.4, -0.2) is 34.5 Å². The number of thioether (sulfide) groups is 1. The van der Waals surface area contributed by atoms with Crippen molar-refractivity contribution in [2.75, 3.05) is 11.5 Å². The summed E-state index contributed by atoms with van der Waals surface area (Å²) in [6.45, 7) is 2.04. The third kappa shape index (κ3) is 5.29. The molecule has 0 aliphatic heterocycles. The molecule has 1 aliphatic rings. The molecule has 104 valence electrons. The minimum atomic E-state index is -0.920. The van der Waals surface area contributed by atoms with Gasteiger partial charge in [-0.05, 0) is 30.8 Å². The van der Waals surface area contributed by atoms with Crippen LogP contribution in [0.2, 0.25) is 0 Å². The molecular weight excluding hydrogens is 250 g/mol. The molecule has 0 heterocycles. The predicted octanol–water partition coefficient (Wildman–Crippen LogP) is 2.28. The first-order valence-electron chi connectivity index (χ1n) is 6.76. The fraction of sp³-hybridized carbons (Fsp3) is 0.846. The van der Waals surface area contributed by atoms with Gasteiger partial charge in [0.2, 0.25) is 5.91 Å². The number of rotatable bonds is 7. The lowest BCUT2D eigenvalue weighted by Gasteiger charge is -2.23. The molecule has 0 radical (unpaired) electrons. The van der Waals surface area contributed by atoms with Gasteiger partial charge in [0.15, 0.2) is 0 Å². The Hall–Kier alpha value is -0.710. The molecule has 1 amide bonds. The number of amides is 1. The Morgan fingerprint density at radius 1 is 1.33 bits per heavy atom. The Bertz CT molecular complexity index is 277. The number of aliphatic carboxylic acids is 1. The van der Waals surface area contributed by atoms with E-state index in [0.717, 1.165) is 37.2 Å². The Labute approximate surface area is 113 Å². The summed E-state index contributed by atoms with van der Waals surface area (Å²) < 4.78 is 0. The molecule has 1 rings (SSSR count). The SMILES string of the molecule is CCSCC[C@H](NC(=O)C1CCCCC1)C(=O)O. The molecular formula is C13H23NO3S. The molecule has 0 bridgehead atoms. The maximum absolute atomic E-state index is 12.0. The van der Waals surface area contributed by atoms with Gasteiger partial charge in [-0.1, -0.05) is 26.2 Å². The molecule has 1 fully saturated rings. The fourth-order valence-corrected chi connectivity index (χ4v) is 2.95. The summed E-state index contributed by atoms with van der Waals surface area (Å²) in [4.78, 5) is 23.1. The highest BCUT2D eigenvalue weighted by Gasteiger charge is 2.26. The Morgan fingerprint density at radius 2 is 2.00 bits per heavy atom. The van der Waals surface area contributed by atoms with Crippen molar-refractivity contribution in [3.8, 4) is 0 Å². The van der Waals surface area contributed by atoms with E-state index in [-0.39, 0.29) is 11.8 Å². The zero-order valence-corrected chi connectivity index (χ0v) is 11.8. The molecule has 0 aromatic heterocycles. The van der Waals surface area contributed by atoms with Crippen molar-refractivity contribution in [2.45, 2.75) is 51.5 Å². The van der Waals surface area contributed by atoms with Crippen LogP contribution in [0.25, 0.3) is 0 Å². The van der Waals surface area contributed by atoms with Crippen molar-refractivity contribution in [3.63, 3.8) is 0 Å². The standard InChI is InChI=1S/C13H23NO3S/c1-2-18-9-8-11(13(16)17)14-12(15)10-6-4-3-5-7-10/h10-11H,2-9H2,1H3,(H,14,15)(H,16,17)/t11-/m0/s1. The van der Waals surface area contributed by atoms with Crippen LogP contribution in [-0.2, 0) is 9.59 Å². The Kier molecular flexibility index (Phi) is 7.16. The maximum atomic E-state index is 12.0. The van der Waals surface area contributed by atoms with Gasteiger partial charge in [0, 0.05) is 5.92 Å². The topological polar surface area (TPSA) is 66.4 Å². The summed E-state index contributed by atoms with van der Waals surface area (Å²) in [6.07, 6.45) is 5.68. The van der Waals surface area contributed by atoms with Crippen LogP contribution in [0.3, 0.4) is 0 Å². The van der Waals surface area contributed by atoms with E-state index < -0.39 is 12.0 Å². The molecule has 2 N–H and O–H groups in total. The van der Waals surface area contributed by atoms with Crippen molar-refractivity contribution in [1.82, 2.24) is 5.32 Å². The second-order valence-corrected chi connectivity index (χ2v) is 6.11. The summed E-state index contributed by atoms with van der Waals surface area (Å²) >= 11 is 1.70. The number of hydrogen-bond donors (Lipinski definition) is 2. The van der Waals surface area contributed by atoms with E-state index >= 15 is 0 Å². The van der Waals surface area contributed by atoms with Crippen molar-refractivity contribution >= 4 is 23.6 Å². The van der Waals surface area contributed by atoms with E-state index in [9.17, 15) is 9.59 Å². The van der Waals surface area contributed by atoms with E-state index in [2.05, 4.69) is 5.32 Å². The van der Waals surface area contributed by atoms with Crippen LogP contribution in [0, 0.1) is 5.92 Å². The van der Waals surface area contributed by atoms with Crippen LogP contribution < -0.4 is 5.32 Å². The largest absolute Gasteiger partial charge is 0.480 e. The van der Waals surface area contributed by atoms with E-state index in [1.807, 2.05) is 6.92 Å². The zero-order valence-electron chi connectivity index (χ0n) is 11.0.